The van der Waals surface area contributed by atoms with E-state index in [2.05, 4.69) is 5.10 Å². The van der Waals surface area contributed by atoms with Crippen LogP contribution in [0.3, 0.4) is 0 Å². The molecule has 0 aliphatic heterocycles. The van der Waals surface area contributed by atoms with Crippen molar-refractivity contribution in [2.45, 2.75) is 0 Å². The molecule has 1 aromatic heterocycles. The van der Waals surface area contributed by atoms with Crippen LogP contribution in [0.25, 0.3) is 0 Å². The van der Waals surface area contributed by atoms with Crippen LogP contribution in [-0.4, -0.2) is 9.78 Å². The normalized spacial score (nSPS) is 8.12. The number of hydrogen-bond acceptors (Lipinski definition) is 2. The van der Waals surface area contributed by atoms with Crippen LogP contribution >= 0.6 is 12.4 Å². The lowest BCUT2D eigenvalue weighted by Gasteiger charge is -1.87. The highest BCUT2D eigenvalue weighted by molar-refractivity contribution is 5.85. The van der Waals surface area contributed by atoms with Gasteiger partial charge < -0.3 is 5.73 Å². The van der Waals surface area contributed by atoms with Gasteiger partial charge in [-0.1, -0.05) is 0 Å². The lowest BCUT2D eigenvalue weighted by Crippen LogP contribution is -1.95. The molecular formula is C4H8ClN3. The van der Waals surface area contributed by atoms with Gasteiger partial charge in [0, 0.05) is 7.05 Å². The number of nitrogen functional groups attached to an aromatic ring is 1. The number of aromatic nitrogens is 2. The number of nitrogens with zero attached hydrogens (tertiary/aromatic N) is 2. The first kappa shape index (κ1) is 7.30. The zero-order chi connectivity index (χ0) is 5.28. The summed E-state index contributed by atoms with van der Waals surface area (Å²) in [5.41, 5.74) is 5.34. The van der Waals surface area contributed by atoms with Gasteiger partial charge in [-0.3, -0.25) is 4.68 Å². The van der Waals surface area contributed by atoms with Gasteiger partial charge in [0.1, 0.15) is 5.82 Å². The summed E-state index contributed by atoms with van der Waals surface area (Å²) in [5, 5.41) is 3.81. The molecule has 1 rings (SSSR count). The maximum absolute atomic E-state index is 5.34. The molecule has 0 saturated carbocycles. The molecule has 0 saturated heterocycles. The third-order valence-electron chi connectivity index (χ3n) is 0.859. The molecular weight excluding hydrogens is 126 g/mol. The molecule has 0 aliphatic carbocycles. The molecule has 8 heavy (non-hydrogen) atoms. The number of rotatable bonds is 0. The first-order valence-electron chi connectivity index (χ1n) is 2.04. The molecule has 0 aromatic carbocycles. The molecule has 1 aromatic rings. The molecule has 0 spiro atoms. The fourth-order valence-electron chi connectivity index (χ4n) is 0.384. The SMILES string of the molecule is Cl.Cn1nccc1N. The van der Waals surface area contributed by atoms with Gasteiger partial charge in [0.05, 0.1) is 6.20 Å². The Morgan fingerprint density at radius 3 is 2.50 bits per heavy atom. The Morgan fingerprint density at radius 2 is 2.38 bits per heavy atom. The zero-order valence-corrected chi connectivity index (χ0v) is 5.35. The van der Waals surface area contributed by atoms with Gasteiger partial charge in [0.2, 0.25) is 0 Å². The average molecular weight is 134 g/mol. The van der Waals surface area contributed by atoms with Crippen LogP contribution in [0, 0.1) is 0 Å². The van der Waals surface area contributed by atoms with Crippen LogP contribution in [0.15, 0.2) is 12.3 Å². The highest BCUT2D eigenvalue weighted by Crippen LogP contribution is 1.92. The molecule has 46 valence electrons. The molecule has 0 bridgehead atoms. The maximum Gasteiger partial charge on any atom is 0.121 e. The first-order chi connectivity index (χ1) is 3.30. The van der Waals surface area contributed by atoms with Crippen molar-refractivity contribution in [3.63, 3.8) is 0 Å². The van der Waals surface area contributed by atoms with E-state index in [9.17, 15) is 0 Å². The molecule has 0 atom stereocenters. The first-order valence-corrected chi connectivity index (χ1v) is 2.04. The van der Waals surface area contributed by atoms with E-state index in [0.29, 0.717) is 5.82 Å². The molecule has 4 heteroatoms. The molecule has 0 fully saturated rings. The van der Waals surface area contributed by atoms with Crippen molar-refractivity contribution in [2.75, 3.05) is 5.73 Å². The minimum atomic E-state index is 0. The number of anilines is 1. The van der Waals surface area contributed by atoms with E-state index in [1.54, 1.807) is 24.0 Å². The van der Waals surface area contributed by atoms with E-state index in [-0.39, 0.29) is 12.4 Å². The van der Waals surface area contributed by atoms with Crippen LogP contribution in [0.1, 0.15) is 0 Å². The van der Waals surface area contributed by atoms with Gasteiger partial charge >= 0.3 is 0 Å². The molecule has 0 radical (unpaired) electrons. The Kier molecular flexibility index (Phi) is 2.34. The third kappa shape index (κ3) is 1.13. The third-order valence-corrected chi connectivity index (χ3v) is 0.859. The van der Waals surface area contributed by atoms with Gasteiger partial charge in [0.25, 0.3) is 0 Å². The molecule has 2 N–H and O–H groups in total. The number of halogens is 1. The van der Waals surface area contributed by atoms with Gasteiger partial charge in [-0.25, -0.2) is 0 Å². The van der Waals surface area contributed by atoms with E-state index in [1.807, 2.05) is 0 Å². The summed E-state index contributed by atoms with van der Waals surface area (Å²) in [5.74, 6) is 0.694. The second-order valence-electron chi connectivity index (χ2n) is 1.38. The van der Waals surface area contributed by atoms with Crippen molar-refractivity contribution >= 4 is 18.2 Å². The maximum atomic E-state index is 5.34. The van der Waals surface area contributed by atoms with Crippen molar-refractivity contribution in [2.24, 2.45) is 7.05 Å². The Morgan fingerprint density at radius 1 is 1.75 bits per heavy atom. The smallest absolute Gasteiger partial charge is 0.121 e. The minimum Gasteiger partial charge on any atom is -0.384 e. The summed E-state index contributed by atoms with van der Waals surface area (Å²) in [6.07, 6.45) is 1.66. The molecule has 0 unspecified atom stereocenters. The van der Waals surface area contributed by atoms with Crippen LogP contribution in [0.4, 0.5) is 5.82 Å². The average Bonchev–Trinajstić information content (AvgIpc) is 1.91. The van der Waals surface area contributed by atoms with Crippen molar-refractivity contribution in [1.82, 2.24) is 9.78 Å². The number of aryl methyl sites for hydroxylation is 1. The summed E-state index contributed by atoms with van der Waals surface area (Å²) >= 11 is 0. The highest BCUT2D eigenvalue weighted by Gasteiger charge is 1.84. The van der Waals surface area contributed by atoms with Crippen LogP contribution in [-0.2, 0) is 7.05 Å². The van der Waals surface area contributed by atoms with E-state index in [0.717, 1.165) is 0 Å². The van der Waals surface area contributed by atoms with Gasteiger partial charge in [0.15, 0.2) is 0 Å². The second-order valence-corrected chi connectivity index (χ2v) is 1.38. The van der Waals surface area contributed by atoms with Crippen LogP contribution in [0.2, 0.25) is 0 Å². The lowest BCUT2D eigenvalue weighted by atomic mass is 10.7. The summed E-state index contributed by atoms with van der Waals surface area (Å²) in [6, 6.07) is 1.75. The van der Waals surface area contributed by atoms with E-state index < -0.39 is 0 Å². The summed E-state index contributed by atoms with van der Waals surface area (Å²) in [7, 11) is 1.80. The van der Waals surface area contributed by atoms with Crippen LogP contribution in [0.5, 0.6) is 0 Å². The summed E-state index contributed by atoms with van der Waals surface area (Å²) in [4.78, 5) is 0. The predicted octanol–water partition coefficient (Wildman–Crippen LogP) is 0.424. The van der Waals surface area contributed by atoms with Crippen molar-refractivity contribution in [3.8, 4) is 0 Å². The van der Waals surface area contributed by atoms with Gasteiger partial charge in [-0.2, -0.15) is 5.10 Å². The Hall–Kier alpha value is -0.700. The van der Waals surface area contributed by atoms with Gasteiger partial charge in [-0.15, -0.1) is 12.4 Å². The monoisotopic (exact) mass is 133 g/mol. The van der Waals surface area contributed by atoms with E-state index in [1.165, 1.54) is 0 Å². The fraction of sp³-hybridized carbons (Fsp3) is 0.250. The van der Waals surface area contributed by atoms with Crippen molar-refractivity contribution in [3.05, 3.63) is 12.3 Å². The molecule has 0 aliphatic rings. The topological polar surface area (TPSA) is 43.8 Å². The quantitative estimate of drug-likeness (QED) is 0.558. The largest absolute Gasteiger partial charge is 0.384 e. The minimum absolute atomic E-state index is 0. The zero-order valence-electron chi connectivity index (χ0n) is 4.53. The van der Waals surface area contributed by atoms with Gasteiger partial charge in [-0.05, 0) is 6.07 Å². The second kappa shape index (κ2) is 2.57. The molecule has 1 heterocycles. The fourth-order valence-corrected chi connectivity index (χ4v) is 0.384. The molecule has 0 amide bonds. The number of nitrogens with two attached hydrogens (primary N) is 1. The Labute approximate surface area is 53.9 Å². The summed E-state index contributed by atoms with van der Waals surface area (Å²) < 4.78 is 1.61. The standard InChI is InChI=1S/C4H7N3.ClH/c1-7-4(5)2-3-6-7;/h2-3H,5H2,1H3;1H. The Balaban J connectivity index is 0.000000490. The molecule has 3 nitrogen and oxygen atoms in total. The van der Waals surface area contributed by atoms with E-state index >= 15 is 0 Å². The van der Waals surface area contributed by atoms with Crippen LogP contribution < -0.4 is 5.73 Å². The van der Waals surface area contributed by atoms with Crippen molar-refractivity contribution < 1.29 is 0 Å². The lowest BCUT2D eigenvalue weighted by molar-refractivity contribution is 0.779. The number of hydrogen-bond donors (Lipinski definition) is 1. The van der Waals surface area contributed by atoms with Crippen molar-refractivity contribution in [1.29, 1.82) is 0 Å². The Bertz CT molecular complexity index is 144. The predicted molar refractivity (Wildman–Crippen MR) is 34.9 cm³/mol. The van der Waals surface area contributed by atoms with E-state index in [4.69, 9.17) is 5.73 Å². The summed E-state index contributed by atoms with van der Waals surface area (Å²) in [6.45, 7) is 0. The highest BCUT2D eigenvalue weighted by atomic mass is 35.5.